The van der Waals surface area contributed by atoms with E-state index in [1.807, 2.05) is 24.1 Å². The summed E-state index contributed by atoms with van der Waals surface area (Å²) in [6.45, 7) is 1.10. The molecule has 1 amide bonds. The van der Waals surface area contributed by atoms with Gasteiger partial charge >= 0.3 is 0 Å². The number of nitrogens with zero attached hydrogens (tertiary/aromatic N) is 1. The summed E-state index contributed by atoms with van der Waals surface area (Å²) in [5.41, 5.74) is 0. The Morgan fingerprint density at radius 3 is 3.07 bits per heavy atom. The van der Waals surface area contributed by atoms with Crippen LogP contribution in [0, 0.1) is 0 Å². The van der Waals surface area contributed by atoms with Gasteiger partial charge in [0.1, 0.15) is 5.76 Å². The molecule has 1 heterocycles. The van der Waals surface area contributed by atoms with Crippen molar-refractivity contribution < 1.29 is 9.21 Å². The normalized spacial score (nSPS) is 15.6. The molecule has 4 heteroatoms. The van der Waals surface area contributed by atoms with Gasteiger partial charge in [0.05, 0.1) is 19.4 Å². The van der Waals surface area contributed by atoms with Gasteiger partial charge in [0.2, 0.25) is 5.91 Å². The van der Waals surface area contributed by atoms with Crippen molar-refractivity contribution in [2.75, 3.05) is 13.6 Å². The Balaban J connectivity index is 1.71. The molecule has 2 rings (SSSR count). The summed E-state index contributed by atoms with van der Waals surface area (Å²) in [7, 11) is 1.91. The third-order valence-corrected chi connectivity index (χ3v) is 2.36. The second-order valence-electron chi connectivity index (χ2n) is 4.09. The molecule has 0 aromatic carbocycles. The summed E-state index contributed by atoms with van der Waals surface area (Å²) in [5, 5.41) is 2.95. The average Bonchev–Trinajstić information content (AvgIpc) is 2.80. The van der Waals surface area contributed by atoms with E-state index >= 15 is 0 Å². The van der Waals surface area contributed by atoms with E-state index in [0.717, 1.165) is 18.6 Å². The lowest BCUT2D eigenvalue weighted by molar-refractivity contribution is -0.122. The van der Waals surface area contributed by atoms with Crippen LogP contribution in [0.15, 0.2) is 22.8 Å². The van der Waals surface area contributed by atoms with E-state index in [1.165, 1.54) is 0 Å². The molecule has 0 saturated heterocycles. The minimum atomic E-state index is 0.103. The number of nitrogens with one attached hydrogen (secondary N) is 1. The van der Waals surface area contributed by atoms with Gasteiger partial charge in [-0.05, 0) is 32.0 Å². The van der Waals surface area contributed by atoms with Gasteiger partial charge in [0, 0.05) is 6.04 Å². The fourth-order valence-electron chi connectivity index (χ4n) is 1.47. The molecule has 82 valence electrons. The van der Waals surface area contributed by atoms with Gasteiger partial charge in [0.15, 0.2) is 0 Å². The van der Waals surface area contributed by atoms with Crippen molar-refractivity contribution in [2.24, 2.45) is 0 Å². The third-order valence-electron chi connectivity index (χ3n) is 2.36. The van der Waals surface area contributed by atoms with Crippen LogP contribution in [0.3, 0.4) is 0 Å². The molecule has 1 aliphatic carbocycles. The van der Waals surface area contributed by atoms with Gasteiger partial charge in [-0.2, -0.15) is 0 Å². The summed E-state index contributed by atoms with van der Waals surface area (Å²) in [5.74, 6) is 0.989. The number of rotatable bonds is 5. The Labute approximate surface area is 89.2 Å². The zero-order valence-corrected chi connectivity index (χ0v) is 8.90. The molecule has 0 unspecified atom stereocenters. The molecule has 0 aliphatic heterocycles. The van der Waals surface area contributed by atoms with Crippen LogP contribution in [0.25, 0.3) is 0 Å². The minimum Gasteiger partial charge on any atom is -0.468 e. The van der Waals surface area contributed by atoms with Crippen LogP contribution in [0.5, 0.6) is 0 Å². The van der Waals surface area contributed by atoms with Crippen molar-refractivity contribution in [3.05, 3.63) is 24.2 Å². The van der Waals surface area contributed by atoms with Crippen LogP contribution in [-0.2, 0) is 11.3 Å². The summed E-state index contributed by atoms with van der Waals surface area (Å²) in [4.78, 5) is 13.4. The quantitative estimate of drug-likeness (QED) is 0.785. The van der Waals surface area contributed by atoms with Crippen molar-refractivity contribution >= 4 is 5.91 Å². The van der Waals surface area contributed by atoms with Gasteiger partial charge in [0.25, 0.3) is 0 Å². The number of hydrogen-bond donors (Lipinski definition) is 1. The van der Waals surface area contributed by atoms with Crippen LogP contribution in [0.2, 0.25) is 0 Å². The van der Waals surface area contributed by atoms with E-state index < -0.39 is 0 Å². The number of hydrogen-bond acceptors (Lipinski definition) is 3. The van der Waals surface area contributed by atoms with Crippen LogP contribution < -0.4 is 5.32 Å². The molecular weight excluding hydrogens is 192 g/mol. The lowest BCUT2D eigenvalue weighted by Crippen LogP contribution is -2.35. The molecule has 1 fully saturated rings. The highest BCUT2D eigenvalue weighted by Crippen LogP contribution is 2.18. The van der Waals surface area contributed by atoms with Gasteiger partial charge in [-0.15, -0.1) is 0 Å². The maximum absolute atomic E-state index is 11.4. The maximum atomic E-state index is 11.4. The molecule has 4 nitrogen and oxygen atoms in total. The number of carbonyl (C=O) groups excluding carboxylic acids is 1. The Morgan fingerprint density at radius 1 is 1.67 bits per heavy atom. The lowest BCUT2D eigenvalue weighted by Gasteiger charge is -2.14. The fourth-order valence-corrected chi connectivity index (χ4v) is 1.47. The van der Waals surface area contributed by atoms with E-state index in [0.29, 0.717) is 19.1 Å². The molecule has 0 atom stereocenters. The van der Waals surface area contributed by atoms with E-state index in [4.69, 9.17) is 4.42 Å². The zero-order valence-electron chi connectivity index (χ0n) is 8.90. The summed E-state index contributed by atoms with van der Waals surface area (Å²) < 4.78 is 5.21. The average molecular weight is 208 g/mol. The highest BCUT2D eigenvalue weighted by molar-refractivity contribution is 5.78. The SMILES string of the molecule is CN(CC(=O)NC1CC1)Cc1ccco1. The molecule has 1 aliphatic rings. The van der Waals surface area contributed by atoms with Crippen LogP contribution in [-0.4, -0.2) is 30.4 Å². The molecule has 0 spiro atoms. The Hall–Kier alpha value is -1.29. The van der Waals surface area contributed by atoms with E-state index in [-0.39, 0.29) is 5.91 Å². The highest BCUT2D eigenvalue weighted by Gasteiger charge is 2.23. The van der Waals surface area contributed by atoms with E-state index in [1.54, 1.807) is 6.26 Å². The predicted molar refractivity (Wildman–Crippen MR) is 56.2 cm³/mol. The smallest absolute Gasteiger partial charge is 0.234 e. The highest BCUT2D eigenvalue weighted by atomic mass is 16.3. The van der Waals surface area contributed by atoms with Gasteiger partial charge < -0.3 is 9.73 Å². The zero-order chi connectivity index (χ0) is 10.7. The van der Waals surface area contributed by atoms with Gasteiger partial charge in [-0.25, -0.2) is 0 Å². The van der Waals surface area contributed by atoms with Crippen LogP contribution >= 0.6 is 0 Å². The molecule has 0 bridgehead atoms. The third kappa shape index (κ3) is 3.40. The van der Waals surface area contributed by atoms with Crippen LogP contribution in [0.4, 0.5) is 0 Å². The topological polar surface area (TPSA) is 45.5 Å². The van der Waals surface area contributed by atoms with Crippen molar-refractivity contribution in [1.82, 2.24) is 10.2 Å². The molecule has 1 N–H and O–H groups in total. The van der Waals surface area contributed by atoms with Gasteiger partial charge in [-0.1, -0.05) is 0 Å². The fraction of sp³-hybridized carbons (Fsp3) is 0.545. The predicted octanol–water partition coefficient (Wildman–Crippen LogP) is 0.990. The monoisotopic (exact) mass is 208 g/mol. The number of amides is 1. The number of carbonyl (C=O) groups is 1. The molecule has 1 saturated carbocycles. The first kappa shape index (κ1) is 10.2. The maximum Gasteiger partial charge on any atom is 0.234 e. The van der Waals surface area contributed by atoms with Crippen molar-refractivity contribution in [2.45, 2.75) is 25.4 Å². The second kappa shape index (κ2) is 4.49. The van der Waals surface area contributed by atoms with Gasteiger partial charge in [-0.3, -0.25) is 9.69 Å². The van der Waals surface area contributed by atoms with Crippen molar-refractivity contribution in [3.8, 4) is 0 Å². The Kier molecular flexibility index (Phi) is 3.06. The standard InChI is InChI=1S/C11H16N2O2/c1-13(7-10-3-2-6-15-10)8-11(14)12-9-4-5-9/h2-3,6,9H,4-5,7-8H2,1H3,(H,12,14). The van der Waals surface area contributed by atoms with Crippen molar-refractivity contribution in [1.29, 1.82) is 0 Å². The van der Waals surface area contributed by atoms with Crippen molar-refractivity contribution in [3.63, 3.8) is 0 Å². The summed E-state index contributed by atoms with van der Waals surface area (Å²) in [6, 6.07) is 4.21. The molecule has 1 aromatic heterocycles. The Morgan fingerprint density at radius 2 is 2.47 bits per heavy atom. The van der Waals surface area contributed by atoms with E-state index in [9.17, 15) is 4.79 Å². The minimum absolute atomic E-state index is 0.103. The molecular formula is C11H16N2O2. The molecule has 1 aromatic rings. The van der Waals surface area contributed by atoms with Crippen LogP contribution in [0.1, 0.15) is 18.6 Å². The lowest BCUT2D eigenvalue weighted by atomic mass is 10.4. The number of furan rings is 1. The first-order chi connectivity index (χ1) is 7.24. The molecule has 15 heavy (non-hydrogen) atoms. The first-order valence-corrected chi connectivity index (χ1v) is 5.24. The summed E-state index contributed by atoms with van der Waals surface area (Å²) in [6.07, 6.45) is 3.91. The first-order valence-electron chi connectivity index (χ1n) is 5.24. The second-order valence-corrected chi connectivity index (χ2v) is 4.09. The van der Waals surface area contributed by atoms with E-state index in [2.05, 4.69) is 5.32 Å². The number of likely N-dealkylation sites (N-methyl/N-ethyl adjacent to an activating group) is 1. The Bertz CT molecular complexity index is 317. The molecule has 0 radical (unpaired) electrons. The largest absolute Gasteiger partial charge is 0.468 e. The summed E-state index contributed by atoms with van der Waals surface area (Å²) >= 11 is 0.